The minimum atomic E-state index is 0.472. The second-order valence-corrected chi connectivity index (χ2v) is 8.09. The van der Waals surface area contributed by atoms with Crippen molar-refractivity contribution >= 4 is 11.6 Å². The number of aryl methyl sites for hydroxylation is 1. The van der Waals surface area contributed by atoms with Crippen LogP contribution in [0.2, 0.25) is 5.02 Å². The molecule has 2 aromatic rings. The van der Waals surface area contributed by atoms with Crippen molar-refractivity contribution in [3.63, 3.8) is 0 Å². The Labute approximate surface area is 174 Å². The van der Waals surface area contributed by atoms with E-state index in [1.165, 1.54) is 44.1 Å². The van der Waals surface area contributed by atoms with Crippen LogP contribution < -0.4 is 14.8 Å². The summed E-state index contributed by atoms with van der Waals surface area (Å²) in [6, 6.07) is 13.0. The largest absolute Gasteiger partial charge is 0.490 e. The molecule has 1 aliphatic rings. The van der Waals surface area contributed by atoms with Gasteiger partial charge in [-0.25, -0.2) is 0 Å². The molecule has 0 spiro atoms. The molecule has 0 unspecified atom stereocenters. The van der Waals surface area contributed by atoms with Gasteiger partial charge in [0.15, 0.2) is 11.5 Å². The first-order valence-corrected chi connectivity index (χ1v) is 10.9. The van der Waals surface area contributed by atoms with Crippen LogP contribution in [0.15, 0.2) is 36.4 Å². The minimum absolute atomic E-state index is 0.472. The lowest BCUT2D eigenvalue weighted by molar-refractivity contribution is 0.269. The molecule has 0 saturated heterocycles. The highest BCUT2D eigenvalue weighted by Gasteiger charge is 2.15. The molecule has 0 amide bonds. The highest BCUT2D eigenvalue weighted by molar-refractivity contribution is 6.32. The topological polar surface area (TPSA) is 30.5 Å². The van der Waals surface area contributed by atoms with E-state index in [0.29, 0.717) is 30.0 Å². The summed E-state index contributed by atoms with van der Waals surface area (Å²) in [4.78, 5) is 0. The number of nitrogens with one attached hydrogen (secondary N) is 1. The lowest BCUT2D eigenvalue weighted by atomic mass is 10.1. The van der Waals surface area contributed by atoms with Gasteiger partial charge in [-0.1, -0.05) is 67.1 Å². The zero-order valence-corrected chi connectivity index (χ0v) is 17.9. The molecule has 4 heteroatoms. The van der Waals surface area contributed by atoms with E-state index in [4.69, 9.17) is 21.1 Å². The van der Waals surface area contributed by atoms with Crippen LogP contribution in [-0.2, 0) is 13.2 Å². The van der Waals surface area contributed by atoms with E-state index in [0.717, 1.165) is 23.4 Å². The Morgan fingerprint density at radius 1 is 0.964 bits per heavy atom. The number of halogens is 1. The molecule has 1 aliphatic carbocycles. The average molecular weight is 402 g/mol. The molecule has 0 aromatic heterocycles. The summed E-state index contributed by atoms with van der Waals surface area (Å²) in [5, 5.41) is 4.31. The van der Waals surface area contributed by atoms with E-state index >= 15 is 0 Å². The minimum Gasteiger partial charge on any atom is -0.490 e. The van der Waals surface area contributed by atoms with Crippen LogP contribution in [0.4, 0.5) is 0 Å². The number of benzene rings is 2. The Kier molecular flexibility index (Phi) is 8.05. The van der Waals surface area contributed by atoms with Crippen LogP contribution in [0.25, 0.3) is 0 Å². The van der Waals surface area contributed by atoms with Crippen molar-refractivity contribution in [1.82, 2.24) is 5.32 Å². The number of hydrogen-bond donors (Lipinski definition) is 1. The van der Waals surface area contributed by atoms with E-state index in [2.05, 4.69) is 42.6 Å². The Morgan fingerprint density at radius 2 is 1.68 bits per heavy atom. The first-order valence-electron chi connectivity index (χ1n) is 10.5. The monoisotopic (exact) mass is 401 g/mol. The molecule has 152 valence electrons. The fourth-order valence-electron chi connectivity index (χ4n) is 3.71. The molecular weight excluding hydrogens is 370 g/mol. The molecule has 1 saturated carbocycles. The van der Waals surface area contributed by atoms with E-state index in [1.54, 1.807) is 0 Å². The van der Waals surface area contributed by atoms with Crippen molar-refractivity contribution in [2.75, 3.05) is 6.61 Å². The fourth-order valence-corrected chi connectivity index (χ4v) is 4.00. The Morgan fingerprint density at radius 3 is 2.36 bits per heavy atom. The van der Waals surface area contributed by atoms with Crippen molar-refractivity contribution in [3.05, 3.63) is 58.1 Å². The molecule has 0 heterocycles. The van der Waals surface area contributed by atoms with Crippen LogP contribution in [0, 0.1) is 6.92 Å². The summed E-state index contributed by atoms with van der Waals surface area (Å²) in [6.07, 6.45) is 7.92. The molecule has 2 aromatic carbocycles. The summed E-state index contributed by atoms with van der Waals surface area (Å²) < 4.78 is 11.9. The maximum atomic E-state index is 6.58. The normalized spacial score (nSPS) is 15.2. The smallest absolute Gasteiger partial charge is 0.180 e. The molecule has 28 heavy (non-hydrogen) atoms. The van der Waals surface area contributed by atoms with Crippen LogP contribution in [0.3, 0.4) is 0 Å². The summed E-state index contributed by atoms with van der Waals surface area (Å²) in [5.74, 6) is 1.35. The van der Waals surface area contributed by atoms with Gasteiger partial charge in [-0.15, -0.1) is 0 Å². The lowest BCUT2D eigenvalue weighted by Gasteiger charge is -2.18. The van der Waals surface area contributed by atoms with Gasteiger partial charge in [-0.2, -0.15) is 0 Å². The Balaban J connectivity index is 1.67. The van der Waals surface area contributed by atoms with Crippen molar-refractivity contribution in [1.29, 1.82) is 0 Å². The number of hydrogen-bond acceptors (Lipinski definition) is 3. The predicted octanol–water partition coefficient (Wildman–Crippen LogP) is 6.44. The average Bonchev–Trinajstić information content (AvgIpc) is 2.96. The van der Waals surface area contributed by atoms with Gasteiger partial charge in [0.25, 0.3) is 0 Å². The zero-order valence-electron chi connectivity index (χ0n) is 17.1. The number of ether oxygens (including phenoxy) is 2. The van der Waals surface area contributed by atoms with Gasteiger partial charge in [-0.05, 0) is 49.9 Å². The molecular formula is C24H32ClNO2. The van der Waals surface area contributed by atoms with E-state index in [-0.39, 0.29) is 0 Å². The second-order valence-electron chi connectivity index (χ2n) is 7.68. The van der Waals surface area contributed by atoms with E-state index in [1.807, 2.05) is 13.0 Å². The summed E-state index contributed by atoms with van der Waals surface area (Å²) in [5.41, 5.74) is 3.49. The van der Waals surface area contributed by atoms with Crippen molar-refractivity contribution in [3.8, 4) is 11.5 Å². The first kappa shape index (κ1) is 21.0. The maximum absolute atomic E-state index is 6.58. The van der Waals surface area contributed by atoms with Gasteiger partial charge in [0, 0.05) is 12.6 Å². The van der Waals surface area contributed by atoms with Gasteiger partial charge in [0.05, 0.1) is 11.6 Å². The number of rotatable bonds is 8. The molecule has 3 rings (SSSR count). The predicted molar refractivity (Wildman–Crippen MR) is 116 cm³/mol. The van der Waals surface area contributed by atoms with Gasteiger partial charge in [0.2, 0.25) is 0 Å². The first-order chi connectivity index (χ1) is 13.7. The zero-order chi connectivity index (χ0) is 19.8. The van der Waals surface area contributed by atoms with Gasteiger partial charge < -0.3 is 14.8 Å². The van der Waals surface area contributed by atoms with Crippen LogP contribution in [-0.4, -0.2) is 12.6 Å². The third-order valence-electron chi connectivity index (χ3n) is 5.32. The van der Waals surface area contributed by atoms with Crippen LogP contribution in [0.5, 0.6) is 11.5 Å². The molecule has 1 N–H and O–H groups in total. The highest BCUT2D eigenvalue weighted by Crippen LogP contribution is 2.37. The summed E-state index contributed by atoms with van der Waals surface area (Å²) in [6.45, 7) is 5.92. The highest BCUT2D eigenvalue weighted by atomic mass is 35.5. The third kappa shape index (κ3) is 6.15. The molecule has 0 aliphatic heterocycles. The van der Waals surface area contributed by atoms with Crippen molar-refractivity contribution in [2.45, 2.75) is 71.6 Å². The van der Waals surface area contributed by atoms with Gasteiger partial charge in [0.1, 0.15) is 6.61 Å². The van der Waals surface area contributed by atoms with Crippen LogP contribution >= 0.6 is 11.6 Å². The standard InChI is InChI=1S/C24H32ClNO2/c1-3-27-23-15-20(16-26-21-8-6-4-5-7-9-21)14-22(25)24(23)28-17-19-12-10-18(2)11-13-19/h10-15,21,26H,3-9,16-17H2,1-2H3. The quantitative estimate of drug-likeness (QED) is 0.516. The summed E-state index contributed by atoms with van der Waals surface area (Å²) in [7, 11) is 0. The molecule has 0 atom stereocenters. The van der Waals surface area contributed by atoms with Gasteiger partial charge in [-0.3, -0.25) is 0 Å². The van der Waals surface area contributed by atoms with E-state index in [9.17, 15) is 0 Å². The summed E-state index contributed by atoms with van der Waals surface area (Å²) >= 11 is 6.58. The molecule has 0 bridgehead atoms. The fraction of sp³-hybridized carbons (Fsp3) is 0.500. The van der Waals surface area contributed by atoms with E-state index < -0.39 is 0 Å². The van der Waals surface area contributed by atoms with Crippen molar-refractivity contribution < 1.29 is 9.47 Å². The second kappa shape index (κ2) is 10.7. The van der Waals surface area contributed by atoms with Crippen LogP contribution in [0.1, 0.15) is 62.1 Å². The lowest BCUT2D eigenvalue weighted by Crippen LogP contribution is -2.27. The maximum Gasteiger partial charge on any atom is 0.180 e. The molecule has 0 radical (unpaired) electrons. The van der Waals surface area contributed by atoms with Gasteiger partial charge >= 0.3 is 0 Å². The SMILES string of the molecule is CCOc1cc(CNC2CCCCCC2)cc(Cl)c1OCc1ccc(C)cc1. The molecule has 1 fully saturated rings. The third-order valence-corrected chi connectivity index (χ3v) is 5.60. The Hall–Kier alpha value is -1.71. The Bertz CT molecular complexity index is 737. The molecule has 3 nitrogen and oxygen atoms in total. The van der Waals surface area contributed by atoms with Crippen molar-refractivity contribution in [2.24, 2.45) is 0 Å².